The third kappa shape index (κ3) is 25.1. The number of amides is 4. The van der Waals surface area contributed by atoms with E-state index in [1.807, 2.05) is 83.1 Å². The van der Waals surface area contributed by atoms with Gasteiger partial charge in [-0.3, -0.25) is 0 Å². The van der Waals surface area contributed by atoms with E-state index < -0.39 is 22.4 Å². The van der Waals surface area contributed by atoms with Crippen molar-refractivity contribution in [3.05, 3.63) is 0 Å². The summed E-state index contributed by atoms with van der Waals surface area (Å²) in [4.78, 5) is 47.5. The Morgan fingerprint density at radius 2 is 0.719 bits per heavy atom. The van der Waals surface area contributed by atoms with Gasteiger partial charge in [0, 0.05) is 55.4 Å². The van der Waals surface area contributed by atoms with Crippen LogP contribution >= 0.6 is 0 Å². The molecule has 4 rings (SSSR count). The summed E-state index contributed by atoms with van der Waals surface area (Å²) in [5, 5.41) is 8.44. The number of rotatable bonds is 3. The van der Waals surface area contributed by atoms with Crippen molar-refractivity contribution in [3.63, 3.8) is 0 Å². The molecule has 1 saturated heterocycles. The number of carbonyl (C=O) groups is 4. The van der Waals surface area contributed by atoms with Gasteiger partial charge < -0.3 is 62.7 Å². The molecular weight excluding hydrogens is 732 g/mol. The lowest BCUT2D eigenvalue weighted by Crippen LogP contribution is -2.50. The lowest BCUT2D eigenvalue weighted by atomic mass is 9.91. The quantitative estimate of drug-likeness (QED) is 0.164. The van der Waals surface area contributed by atoms with Gasteiger partial charge in [0.25, 0.3) is 0 Å². The maximum Gasteiger partial charge on any atom is 0.410 e. The van der Waals surface area contributed by atoms with Gasteiger partial charge in [0.2, 0.25) is 0 Å². The fourth-order valence-corrected chi connectivity index (χ4v) is 6.46. The van der Waals surface area contributed by atoms with Crippen molar-refractivity contribution in [1.82, 2.24) is 20.9 Å². The molecule has 4 amide bonds. The highest BCUT2D eigenvalue weighted by molar-refractivity contribution is 5.69. The van der Waals surface area contributed by atoms with E-state index in [0.29, 0.717) is 0 Å². The number of likely N-dealkylation sites (tertiary alicyclic amines) is 1. The second-order valence-corrected chi connectivity index (χ2v) is 19.7. The molecule has 4 aliphatic rings. The number of alkyl carbamates (subject to hydrolysis) is 3. The molecule has 0 spiro atoms. The molecule has 0 aromatic rings. The Balaban J connectivity index is 0.000000380. The van der Waals surface area contributed by atoms with Gasteiger partial charge in [0.15, 0.2) is 0 Å². The Morgan fingerprint density at radius 3 is 1.00 bits per heavy atom. The molecule has 334 valence electrons. The van der Waals surface area contributed by atoms with Crippen molar-refractivity contribution in [1.29, 1.82) is 0 Å². The van der Waals surface area contributed by atoms with Crippen molar-refractivity contribution in [2.45, 2.75) is 225 Å². The molecule has 0 bridgehead atoms. The molecule has 6 atom stereocenters. The highest BCUT2D eigenvalue weighted by Gasteiger charge is 2.30. The molecule has 11 N–H and O–H groups in total. The largest absolute Gasteiger partial charge is 0.444 e. The van der Waals surface area contributed by atoms with Gasteiger partial charge in [-0.05, 0) is 147 Å². The molecule has 0 unspecified atom stereocenters. The summed E-state index contributed by atoms with van der Waals surface area (Å²) in [5.74, 6) is 0. The van der Waals surface area contributed by atoms with Crippen LogP contribution in [0.5, 0.6) is 0 Å². The average molecular weight is 815 g/mol. The highest BCUT2D eigenvalue weighted by atomic mass is 16.6. The summed E-state index contributed by atoms with van der Waals surface area (Å²) in [5.41, 5.74) is 21.6. The monoisotopic (exact) mass is 815 g/mol. The predicted octanol–water partition coefficient (Wildman–Crippen LogP) is 5.91. The number of carbonyl (C=O) groups excluding carboxylic acids is 4. The molecule has 4 fully saturated rings. The lowest BCUT2D eigenvalue weighted by molar-refractivity contribution is 0.0205. The Bertz CT molecular complexity index is 1170. The summed E-state index contributed by atoms with van der Waals surface area (Å²) < 4.78 is 20.7. The fraction of sp³-hybridized carbons (Fsp3) is 0.902. The molecule has 16 nitrogen and oxygen atoms in total. The Labute approximate surface area is 343 Å². The number of nitrogens with two attached hydrogens (primary N) is 4. The SMILES string of the molecule is CC(C)(C)OC(=O)N1CCC(N)CC1.CC(C)(C)OC(=O)N[C@@H]1CCC[C@@H]1N.CC(C)(C)OC(=O)N[C@H]1CCCC[C@H]1N.CC(C)(C)OC(=O)N[C@H]1CCC[C@H]1N. The minimum atomic E-state index is -0.442. The summed E-state index contributed by atoms with van der Waals surface area (Å²) in [6.07, 6.45) is 10.8. The van der Waals surface area contributed by atoms with Crippen molar-refractivity contribution >= 4 is 24.4 Å². The van der Waals surface area contributed by atoms with Crippen LogP contribution in [-0.2, 0) is 18.9 Å². The molecule has 57 heavy (non-hydrogen) atoms. The van der Waals surface area contributed by atoms with E-state index in [4.69, 9.17) is 41.9 Å². The topological polar surface area (TPSA) is 249 Å². The van der Waals surface area contributed by atoms with Crippen molar-refractivity contribution in [2.75, 3.05) is 13.1 Å². The third-order valence-corrected chi connectivity index (χ3v) is 9.26. The second-order valence-electron chi connectivity index (χ2n) is 19.7. The van der Waals surface area contributed by atoms with Crippen LogP contribution in [0.3, 0.4) is 0 Å². The first-order chi connectivity index (χ1) is 26.0. The maximum atomic E-state index is 11.6. The van der Waals surface area contributed by atoms with E-state index >= 15 is 0 Å². The third-order valence-electron chi connectivity index (χ3n) is 9.26. The maximum absolute atomic E-state index is 11.6. The molecular formula is C41H82N8O8. The van der Waals surface area contributed by atoms with Gasteiger partial charge in [-0.2, -0.15) is 0 Å². The molecule has 1 heterocycles. The second kappa shape index (κ2) is 23.5. The molecule has 16 heteroatoms. The lowest BCUT2D eigenvalue weighted by Gasteiger charge is -2.32. The molecule has 0 aromatic carbocycles. The van der Waals surface area contributed by atoms with E-state index in [1.54, 1.807) is 4.90 Å². The minimum absolute atomic E-state index is 0.0752. The number of hydrogen-bond acceptors (Lipinski definition) is 12. The normalized spacial score (nSPS) is 25.4. The first-order valence-electron chi connectivity index (χ1n) is 21.0. The van der Waals surface area contributed by atoms with E-state index in [2.05, 4.69) is 16.0 Å². The number of nitrogens with one attached hydrogen (secondary N) is 3. The summed E-state index contributed by atoms with van der Waals surface area (Å²) in [6.45, 7) is 23.7. The number of ether oxygens (including phenoxy) is 4. The fourth-order valence-electron chi connectivity index (χ4n) is 6.46. The van der Waals surface area contributed by atoms with Crippen LogP contribution in [0.15, 0.2) is 0 Å². The Morgan fingerprint density at radius 1 is 0.439 bits per heavy atom. The molecule has 3 aliphatic carbocycles. The smallest absolute Gasteiger partial charge is 0.410 e. The summed E-state index contributed by atoms with van der Waals surface area (Å²) in [6, 6.07) is 0.744. The molecule has 0 radical (unpaired) electrons. The van der Waals surface area contributed by atoms with Gasteiger partial charge in [0.05, 0.1) is 0 Å². The zero-order valence-corrected chi connectivity index (χ0v) is 37.5. The van der Waals surface area contributed by atoms with Gasteiger partial charge in [-0.25, -0.2) is 19.2 Å². The van der Waals surface area contributed by atoms with E-state index in [-0.39, 0.29) is 66.7 Å². The van der Waals surface area contributed by atoms with Crippen LogP contribution < -0.4 is 38.9 Å². The first kappa shape index (κ1) is 51.9. The number of piperidine rings is 1. The van der Waals surface area contributed by atoms with Crippen molar-refractivity contribution in [3.8, 4) is 0 Å². The van der Waals surface area contributed by atoms with Crippen LogP contribution in [-0.4, -0.2) is 107 Å². The van der Waals surface area contributed by atoms with E-state index in [0.717, 1.165) is 90.1 Å². The number of hydrogen-bond donors (Lipinski definition) is 7. The number of nitrogens with zero attached hydrogens (tertiary/aromatic N) is 1. The van der Waals surface area contributed by atoms with Crippen LogP contribution in [0.25, 0.3) is 0 Å². The van der Waals surface area contributed by atoms with Crippen molar-refractivity contribution in [2.24, 2.45) is 22.9 Å². The average Bonchev–Trinajstić information content (AvgIpc) is 3.62. The van der Waals surface area contributed by atoms with Crippen LogP contribution in [0, 0.1) is 0 Å². The highest BCUT2D eigenvalue weighted by Crippen LogP contribution is 2.20. The van der Waals surface area contributed by atoms with Gasteiger partial charge >= 0.3 is 24.4 Å². The zero-order valence-electron chi connectivity index (χ0n) is 37.5. The van der Waals surface area contributed by atoms with Gasteiger partial charge in [-0.1, -0.05) is 12.8 Å². The minimum Gasteiger partial charge on any atom is -0.444 e. The Kier molecular flexibility index (Phi) is 21.4. The van der Waals surface area contributed by atoms with Gasteiger partial charge in [0.1, 0.15) is 22.4 Å². The van der Waals surface area contributed by atoms with Crippen LogP contribution in [0.1, 0.15) is 160 Å². The Hall–Kier alpha value is -3.08. The molecule has 0 aromatic heterocycles. The predicted molar refractivity (Wildman–Crippen MR) is 225 cm³/mol. The van der Waals surface area contributed by atoms with Crippen molar-refractivity contribution < 1.29 is 38.1 Å². The van der Waals surface area contributed by atoms with E-state index in [1.165, 1.54) is 0 Å². The van der Waals surface area contributed by atoms with Crippen LogP contribution in [0.4, 0.5) is 19.2 Å². The zero-order chi connectivity index (χ0) is 43.8. The van der Waals surface area contributed by atoms with Gasteiger partial charge in [-0.15, -0.1) is 0 Å². The van der Waals surface area contributed by atoms with E-state index in [9.17, 15) is 19.2 Å². The molecule has 3 saturated carbocycles. The summed E-state index contributed by atoms with van der Waals surface area (Å²) >= 11 is 0. The van der Waals surface area contributed by atoms with Crippen LogP contribution in [0.2, 0.25) is 0 Å². The molecule has 1 aliphatic heterocycles. The standard InChI is InChI=1S/C11H22N2O2.3C10H20N2O2/c1-11(2,3)15-10(14)13-9-7-5-4-6-8(9)12;1-10(2,3)14-9(13)12-6-4-8(11)5-7-12;2*1-10(2,3)14-9(13)12-8-6-4-5-7(8)11/h8-9H,4-7,12H2,1-3H3,(H,13,14);8H,4-7,11H2,1-3H3;2*7-8H,4-6,11H2,1-3H3,(H,12,13)/t8-,9+;;2*7-,8+/m1.10/s1. The first-order valence-corrected chi connectivity index (χ1v) is 21.0. The summed E-state index contributed by atoms with van der Waals surface area (Å²) in [7, 11) is 0.